The van der Waals surface area contributed by atoms with Gasteiger partial charge in [0.25, 0.3) is 5.69 Å². The van der Waals surface area contributed by atoms with Gasteiger partial charge in [0.1, 0.15) is 5.69 Å². The Hall–Kier alpha value is -2.73. The SMILES string of the molecule is CC(C(=O)Nc1ccccc1[N+](=O)[O-])N1CCc2ccccc2C1. The van der Waals surface area contributed by atoms with Crippen LogP contribution in [0.2, 0.25) is 0 Å². The molecule has 0 spiro atoms. The highest BCUT2D eigenvalue weighted by atomic mass is 16.6. The lowest BCUT2D eigenvalue weighted by Gasteiger charge is -2.32. The van der Waals surface area contributed by atoms with Crippen molar-refractivity contribution < 1.29 is 9.72 Å². The molecule has 6 nitrogen and oxygen atoms in total. The van der Waals surface area contributed by atoms with Crippen LogP contribution in [-0.2, 0) is 17.8 Å². The molecule has 0 aliphatic carbocycles. The maximum absolute atomic E-state index is 12.5. The third kappa shape index (κ3) is 3.28. The first-order chi connectivity index (χ1) is 11.6. The van der Waals surface area contributed by atoms with Gasteiger partial charge in [-0.15, -0.1) is 0 Å². The Morgan fingerprint density at radius 1 is 1.17 bits per heavy atom. The van der Waals surface area contributed by atoms with Crippen molar-refractivity contribution in [3.05, 3.63) is 69.8 Å². The van der Waals surface area contributed by atoms with E-state index in [2.05, 4.69) is 22.3 Å². The Balaban J connectivity index is 1.71. The van der Waals surface area contributed by atoms with Gasteiger partial charge in [-0.05, 0) is 30.5 Å². The number of nitrogens with zero attached hydrogens (tertiary/aromatic N) is 2. The summed E-state index contributed by atoms with van der Waals surface area (Å²) in [6, 6.07) is 14.0. The second kappa shape index (κ2) is 6.80. The van der Waals surface area contributed by atoms with Gasteiger partial charge in [0.15, 0.2) is 0 Å². The molecule has 1 aliphatic heterocycles. The molecule has 0 saturated carbocycles. The molecule has 2 aromatic rings. The van der Waals surface area contributed by atoms with Crippen LogP contribution in [-0.4, -0.2) is 28.3 Å². The molecule has 1 atom stereocenters. The summed E-state index contributed by atoms with van der Waals surface area (Å²) in [5.74, 6) is -0.233. The number of hydrogen-bond donors (Lipinski definition) is 1. The molecule has 1 unspecified atom stereocenters. The third-order valence-corrected chi connectivity index (χ3v) is 4.45. The summed E-state index contributed by atoms with van der Waals surface area (Å²) in [4.78, 5) is 25.2. The molecule has 0 radical (unpaired) electrons. The van der Waals surface area contributed by atoms with E-state index in [-0.39, 0.29) is 23.3 Å². The van der Waals surface area contributed by atoms with Crippen molar-refractivity contribution in [3.8, 4) is 0 Å². The maximum atomic E-state index is 12.5. The zero-order valence-corrected chi connectivity index (χ0v) is 13.4. The molecule has 1 N–H and O–H groups in total. The molecule has 3 rings (SSSR count). The van der Waals surface area contributed by atoms with Crippen molar-refractivity contribution in [2.75, 3.05) is 11.9 Å². The van der Waals surface area contributed by atoms with Crippen LogP contribution < -0.4 is 5.32 Å². The second-order valence-corrected chi connectivity index (χ2v) is 5.93. The van der Waals surface area contributed by atoms with E-state index in [4.69, 9.17) is 0 Å². The first-order valence-corrected chi connectivity index (χ1v) is 7.91. The number of amides is 1. The molecule has 0 saturated heterocycles. The minimum atomic E-state index is -0.489. The van der Waals surface area contributed by atoms with Gasteiger partial charge in [0, 0.05) is 19.2 Å². The zero-order valence-electron chi connectivity index (χ0n) is 13.4. The molecule has 0 bridgehead atoms. The monoisotopic (exact) mass is 325 g/mol. The Bertz CT molecular complexity index is 776. The second-order valence-electron chi connectivity index (χ2n) is 5.93. The van der Waals surface area contributed by atoms with Gasteiger partial charge in [0.05, 0.1) is 11.0 Å². The van der Waals surface area contributed by atoms with E-state index < -0.39 is 4.92 Å². The van der Waals surface area contributed by atoms with Crippen molar-refractivity contribution >= 4 is 17.3 Å². The Morgan fingerprint density at radius 3 is 2.58 bits per heavy atom. The fraction of sp³-hybridized carbons (Fsp3) is 0.278. The van der Waals surface area contributed by atoms with Crippen LogP contribution in [0.4, 0.5) is 11.4 Å². The lowest BCUT2D eigenvalue weighted by atomic mass is 9.99. The van der Waals surface area contributed by atoms with Gasteiger partial charge in [-0.2, -0.15) is 0 Å². The molecule has 1 heterocycles. The van der Waals surface area contributed by atoms with Crippen LogP contribution in [0.1, 0.15) is 18.1 Å². The average molecular weight is 325 g/mol. The average Bonchev–Trinajstić information content (AvgIpc) is 2.61. The fourth-order valence-corrected chi connectivity index (χ4v) is 2.99. The van der Waals surface area contributed by atoms with Gasteiger partial charge in [-0.25, -0.2) is 0 Å². The minimum Gasteiger partial charge on any atom is -0.319 e. The van der Waals surface area contributed by atoms with Crippen molar-refractivity contribution in [3.63, 3.8) is 0 Å². The molecule has 0 aromatic heterocycles. The highest BCUT2D eigenvalue weighted by molar-refractivity contribution is 5.96. The number of fused-ring (bicyclic) bond motifs is 1. The van der Waals surface area contributed by atoms with Crippen molar-refractivity contribution in [2.24, 2.45) is 0 Å². The largest absolute Gasteiger partial charge is 0.319 e. The molecule has 24 heavy (non-hydrogen) atoms. The Morgan fingerprint density at radius 2 is 1.83 bits per heavy atom. The maximum Gasteiger partial charge on any atom is 0.292 e. The smallest absolute Gasteiger partial charge is 0.292 e. The van der Waals surface area contributed by atoms with Crippen LogP contribution in [0.3, 0.4) is 0 Å². The van der Waals surface area contributed by atoms with Crippen LogP contribution in [0.25, 0.3) is 0 Å². The Labute approximate surface area is 140 Å². The van der Waals surface area contributed by atoms with Gasteiger partial charge < -0.3 is 5.32 Å². The van der Waals surface area contributed by atoms with E-state index in [1.807, 2.05) is 19.1 Å². The standard InChI is InChI=1S/C18H19N3O3/c1-13(20-11-10-14-6-2-3-7-15(14)12-20)18(22)19-16-8-4-5-9-17(16)21(23)24/h2-9,13H,10-12H2,1H3,(H,19,22). The number of nitro benzene ring substituents is 1. The summed E-state index contributed by atoms with van der Waals surface area (Å²) in [5, 5.41) is 13.7. The molecule has 0 fully saturated rings. The molecule has 124 valence electrons. The predicted molar refractivity (Wildman–Crippen MR) is 91.7 cm³/mol. The fourth-order valence-electron chi connectivity index (χ4n) is 2.99. The summed E-state index contributed by atoms with van der Waals surface area (Å²) in [5.41, 5.74) is 2.69. The molecule has 6 heteroatoms. The third-order valence-electron chi connectivity index (χ3n) is 4.45. The van der Waals surface area contributed by atoms with Crippen molar-refractivity contribution in [2.45, 2.75) is 25.9 Å². The number of carbonyl (C=O) groups is 1. The normalized spacial score (nSPS) is 15.4. The van der Waals surface area contributed by atoms with Crippen molar-refractivity contribution in [1.82, 2.24) is 4.90 Å². The minimum absolute atomic E-state index is 0.0953. The molecule has 1 aliphatic rings. The van der Waals surface area contributed by atoms with E-state index in [0.29, 0.717) is 6.54 Å². The van der Waals surface area contributed by atoms with E-state index >= 15 is 0 Å². The van der Waals surface area contributed by atoms with Crippen LogP contribution in [0, 0.1) is 10.1 Å². The van der Waals surface area contributed by atoms with Gasteiger partial charge >= 0.3 is 0 Å². The summed E-state index contributed by atoms with van der Waals surface area (Å²) in [6.45, 7) is 3.34. The lowest BCUT2D eigenvalue weighted by Crippen LogP contribution is -2.44. The van der Waals surface area contributed by atoms with Crippen LogP contribution >= 0.6 is 0 Å². The van der Waals surface area contributed by atoms with E-state index in [1.54, 1.807) is 18.2 Å². The van der Waals surface area contributed by atoms with E-state index in [9.17, 15) is 14.9 Å². The summed E-state index contributed by atoms with van der Waals surface area (Å²) < 4.78 is 0. The summed E-state index contributed by atoms with van der Waals surface area (Å²) in [6.07, 6.45) is 0.902. The number of nitrogens with one attached hydrogen (secondary N) is 1. The van der Waals surface area contributed by atoms with Gasteiger partial charge in [-0.1, -0.05) is 36.4 Å². The molecule has 1 amide bonds. The van der Waals surface area contributed by atoms with Crippen molar-refractivity contribution in [1.29, 1.82) is 0 Å². The lowest BCUT2D eigenvalue weighted by molar-refractivity contribution is -0.383. The first-order valence-electron chi connectivity index (χ1n) is 7.91. The molecular weight excluding hydrogens is 306 g/mol. The Kier molecular flexibility index (Phi) is 4.57. The first kappa shape index (κ1) is 16.1. The van der Waals surface area contributed by atoms with E-state index in [0.717, 1.165) is 13.0 Å². The number of rotatable bonds is 4. The summed E-state index contributed by atoms with van der Waals surface area (Å²) >= 11 is 0. The van der Waals surface area contributed by atoms with Gasteiger partial charge in [0.2, 0.25) is 5.91 Å². The topological polar surface area (TPSA) is 75.5 Å². The highest BCUT2D eigenvalue weighted by Crippen LogP contribution is 2.25. The number of nitro groups is 1. The van der Waals surface area contributed by atoms with E-state index in [1.165, 1.54) is 17.2 Å². The number of carbonyl (C=O) groups excluding carboxylic acids is 1. The number of anilines is 1. The predicted octanol–water partition coefficient (Wildman–Crippen LogP) is 2.98. The number of hydrogen-bond acceptors (Lipinski definition) is 4. The van der Waals surface area contributed by atoms with Crippen LogP contribution in [0.15, 0.2) is 48.5 Å². The highest BCUT2D eigenvalue weighted by Gasteiger charge is 2.26. The molecule has 2 aromatic carbocycles. The molecular formula is C18H19N3O3. The van der Waals surface area contributed by atoms with Gasteiger partial charge in [-0.3, -0.25) is 19.8 Å². The zero-order chi connectivity index (χ0) is 17.1. The van der Waals surface area contributed by atoms with Crippen LogP contribution in [0.5, 0.6) is 0 Å². The summed E-state index contributed by atoms with van der Waals surface area (Å²) in [7, 11) is 0. The number of para-hydroxylation sites is 2. The number of benzene rings is 2. The quantitative estimate of drug-likeness (QED) is 0.692.